The van der Waals surface area contributed by atoms with Crippen LogP contribution in [0.15, 0.2) is 27.8 Å². The van der Waals surface area contributed by atoms with Crippen molar-refractivity contribution < 1.29 is 19.1 Å². The number of amidine groups is 1. The van der Waals surface area contributed by atoms with E-state index < -0.39 is 0 Å². The Morgan fingerprint density at radius 2 is 2.25 bits per heavy atom. The van der Waals surface area contributed by atoms with Crippen LogP contribution >= 0.6 is 11.3 Å². The zero-order chi connectivity index (χ0) is 19.7. The van der Waals surface area contributed by atoms with Gasteiger partial charge >= 0.3 is 11.9 Å². The predicted molar refractivity (Wildman–Crippen MR) is 104 cm³/mol. The van der Waals surface area contributed by atoms with Crippen molar-refractivity contribution in [3.63, 3.8) is 0 Å². The third-order valence-corrected chi connectivity index (χ3v) is 6.29. The van der Waals surface area contributed by atoms with E-state index in [4.69, 9.17) is 9.47 Å². The molecule has 0 saturated carbocycles. The van der Waals surface area contributed by atoms with Crippen molar-refractivity contribution >= 4 is 29.1 Å². The van der Waals surface area contributed by atoms with Crippen LogP contribution in [-0.4, -0.2) is 78.0 Å². The monoisotopic (exact) mass is 404 g/mol. The van der Waals surface area contributed by atoms with Gasteiger partial charge in [-0.3, -0.25) is 14.7 Å². The standard InChI is InChI=1S/C19H24N4O4S/c1-3-27-18(24)13-10-21-16(17-20-6-8-28-17)23-11-12(9-15(13)23)22-7-4-5-14(22)19(25)26-2/h6,8,12,14H,3-5,7,9-11H2,1-2H3/t12-,14?/m0/s1. The summed E-state index contributed by atoms with van der Waals surface area (Å²) in [5, 5.41) is 2.76. The van der Waals surface area contributed by atoms with Gasteiger partial charge < -0.3 is 14.4 Å². The van der Waals surface area contributed by atoms with E-state index in [2.05, 4.69) is 19.8 Å². The van der Waals surface area contributed by atoms with Gasteiger partial charge in [-0.05, 0) is 26.3 Å². The lowest BCUT2D eigenvalue weighted by molar-refractivity contribution is -0.146. The van der Waals surface area contributed by atoms with Gasteiger partial charge in [0.25, 0.3) is 0 Å². The third-order valence-electron chi connectivity index (χ3n) is 5.52. The number of carbonyl (C=O) groups excluding carboxylic acids is 2. The van der Waals surface area contributed by atoms with Crippen molar-refractivity contribution in [2.75, 3.05) is 33.4 Å². The quantitative estimate of drug-likeness (QED) is 0.687. The molecule has 1 aromatic rings. The molecule has 2 saturated heterocycles. The van der Waals surface area contributed by atoms with Crippen LogP contribution in [0.4, 0.5) is 0 Å². The molecule has 0 N–H and O–H groups in total. The molecule has 0 spiro atoms. The SMILES string of the molecule is CCOC(=O)C1=C2C[C@H](N3CCCC3C(=O)OC)CN2C(c2nccs2)=NC1. The van der Waals surface area contributed by atoms with Crippen molar-refractivity contribution in [1.82, 2.24) is 14.8 Å². The Morgan fingerprint density at radius 1 is 1.39 bits per heavy atom. The van der Waals surface area contributed by atoms with Gasteiger partial charge in [0.05, 0.1) is 25.8 Å². The maximum absolute atomic E-state index is 12.5. The fourth-order valence-electron chi connectivity index (χ4n) is 4.30. The van der Waals surface area contributed by atoms with Crippen molar-refractivity contribution in [2.24, 2.45) is 4.99 Å². The second-order valence-corrected chi connectivity index (χ2v) is 7.90. The van der Waals surface area contributed by atoms with Gasteiger partial charge in [0.2, 0.25) is 0 Å². The number of ether oxygens (including phenoxy) is 2. The highest BCUT2D eigenvalue weighted by atomic mass is 32.1. The van der Waals surface area contributed by atoms with Crippen LogP contribution in [-0.2, 0) is 19.1 Å². The summed E-state index contributed by atoms with van der Waals surface area (Å²) in [4.78, 5) is 38.1. The number of nitrogens with zero attached hydrogens (tertiary/aromatic N) is 4. The van der Waals surface area contributed by atoms with Crippen molar-refractivity contribution in [2.45, 2.75) is 38.3 Å². The summed E-state index contributed by atoms with van der Waals surface area (Å²) in [5.41, 5.74) is 1.55. The molecular formula is C19H24N4O4S. The molecule has 3 aliphatic heterocycles. The molecule has 4 heterocycles. The van der Waals surface area contributed by atoms with E-state index in [0.717, 1.165) is 35.9 Å². The summed E-state index contributed by atoms with van der Waals surface area (Å²) >= 11 is 1.53. The molecule has 0 bridgehead atoms. The van der Waals surface area contributed by atoms with Crippen LogP contribution in [0.5, 0.6) is 0 Å². The van der Waals surface area contributed by atoms with Crippen LogP contribution < -0.4 is 0 Å². The molecule has 8 nitrogen and oxygen atoms in total. The van der Waals surface area contributed by atoms with Gasteiger partial charge in [-0.1, -0.05) is 0 Å². The molecule has 9 heteroatoms. The lowest BCUT2D eigenvalue weighted by atomic mass is 10.1. The molecule has 1 unspecified atom stereocenters. The lowest BCUT2D eigenvalue weighted by Crippen LogP contribution is -2.45. The zero-order valence-electron chi connectivity index (χ0n) is 16.1. The first-order chi connectivity index (χ1) is 13.6. The maximum atomic E-state index is 12.5. The molecule has 0 aliphatic carbocycles. The van der Waals surface area contributed by atoms with Gasteiger partial charge in [0, 0.05) is 36.3 Å². The number of hydrogen-bond acceptors (Lipinski definition) is 9. The molecule has 150 valence electrons. The van der Waals surface area contributed by atoms with Gasteiger partial charge in [0.1, 0.15) is 6.04 Å². The summed E-state index contributed by atoms with van der Waals surface area (Å²) in [6, 6.07) is -0.0995. The second kappa shape index (κ2) is 8.00. The largest absolute Gasteiger partial charge is 0.468 e. The first-order valence-corrected chi connectivity index (χ1v) is 10.5. The average Bonchev–Trinajstić information content (AvgIpc) is 3.46. The highest BCUT2D eigenvalue weighted by Crippen LogP contribution is 2.36. The zero-order valence-corrected chi connectivity index (χ0v) is 16.9. The van der Waals surface area contributed by atoms with Gasteiger partial charge in [-0.25, -0.2) is 9.78 Å². The Bertz CT molecular complexity index is 820. The summed E-state index contributed by atoms with van der Waals surface area (Å²) in [7, 11) is 1.44. The minimum Gasteiger partial charge on any atom is -0.468 e. The first-order valence-electron chi connectivity index (χ1n) is 9.58. The molecule has 1 aromatic heterocycles. The van der Waals surface area contributed by atoms with E-state index in [1.807, 2.05) is 5.38 Å². The molecule has 0 amide bonds. The van der Waals surface area contributed by atoms with Crippen molar-refractivity contribution in [3.05, 3.63) is 27.9 Å². The fourth-order valence-corrected chi connectivity index (χ4v) is 4.96. The molecule has 0 aromatic carbocycles. The number of methoxy groups -OCH3 is 1. The Kier molecular flexibility index (Phi) is 5.45. The normalized spacial score (nSPS) is 24.9. The number of aromatic nitrogens is 1. The number of rotatable bonds is 5. The summed E-state index contributed by atoms with van der Waals surface area (Å²) in [6.45, 7) is 3.95. The lowest BCUT2D eigenvalue weighted by Gasteiger charge is -2.29. The third kappa shape index (κ3) is 3.33. The molecule has 4 rings (SSSR count). The number of aliphatic imine (C=N–C) groups is 1. The number of likely N-dealkylation sites (tertiary alicyclic amines) is 1. The van der Waals surface area contributed by atoms with Crippen LogP contribution in [0.2, 0.25) is 0 Å². The second-order valence-electron chi connectivity index (χ2n) is 7.01. The highest BCUT2D eigenvalue weighted by molar-refractivity contribution is 7.11. The number of hydrogen-bond donors (Lipinski definition) is 0. The minimum atomic E-state index is -0.309. The Morgan fingerprint density at radius 3 is 2.96 bits per heavy atom. The molecular weight excluding hydrogens is 380 g/mol. The smallest absolute Gasteiger partial charge is 0.337 e. The van der Waals surface area contributed by atoms with E-state index >= 15 is 0 Å². The maximum Gasteiger partial charge on any atom is 0.337 e. The number of fused-ring (bicyclic) bond motifs is 1. The Hall–Kier alpha value is -2.26. The van der Waals surface area contributed by atoms with Crippen LogP contribution in [0, 0.1) is 0 Å². The number of carbonyl (C=O) groups is 2. The first kappa shape index (κ1) is 19.1. The number of thiazole rings is 1. The molecule has 0 radical (unpaired) electrons. The van der Waals surface area contributed by atoms with Crippen molar-refractivity contribution in [1.29, 1.82) is 0 Å². The predicted octanol–water partition coefficient (Wildman–Crippen LogP) is 1.43. The van der Waals surface area contributed by atoms with E-state index in [0.29, 0.717) is 31.7 Å². The van der Waals surface area contributed by atoms with Crippen LogP contribution in [0.1, 0.15) is 31.2 Å². The highest BCUT2D eigenvalue weighted by Gasteiger charge is 2.44. The fraction of sp³-hybridized carbons (Fsp3) is 0.579. The van der Waals surface area contributed by atoms with E-state index in [9.17, 15) is 9.59 Å². The van der Waals surface area contributed by atoms with Gasteiger partial charge in [-0.2, -0.15) is 0 Å². The topological polar surface area (TPSA) is 84.3 Å². The Balaban J connectivity index is 1.64. The molecule has 2 fully saturated rings. The minimum absolute atomic E-state index is 0.120. The number of esters is 2. The van der Waals surface area contributed by atoms with Gasteiger partial charge in [-0.15, -0.1) is 11.3 Å². The summed E-state index contributed by atoms with van der Waals surface area (Å²) in [5.74, 6) is 0.307. The van der Waals surface area contributed by atoms with Crippen LogP contribution in [0.3, 0.4) is 0 Å². The molecule has 3 aliphatic rings. The van der Waals surface area contributed by atoms with Gasteiger partial charge in [0.15, 0.2) is 10.8 Å². The summed E-state index contributed by atoms with van der Waals surface area (Å²) < 4.78 is 10.3. The average molecular weight is 404 g/mol. The summed E-state index contributed by atoms with van der Waals surface area (Å²) in [6.07, 6.45) is 4.22. The van der Waals surface area contributed by atoms with Crippen LogP contribution in [0.25, 0.3) is 0 Å². The molecule has 28 heavy (non-hydrogen) atoms. The van der Waals surface area contributed by atoms with E-state index in [-0.39, 0.29) is 24.0 Å². The van der Waals surface area contributed by atoms with E-state index in [1.54, 1.807) is 13.1 Å². The Labute approximate surface area is 167 Å². The van der Waals surface area contributed by atoms with Crippen molar-refractivity contribution in [3.8, 4) is 0 Å². The van der Waals surface area contributed by atoms with E-state index in [1.165, 1.54) is 18.4 Å². The molecule has 2 atom stereocenters.